The summed E-state index contributed by atoms with van der Waals surface area (Å²) >= 11 is 0.764. The lowest BCUT2D eigenvalue weighted by molar-refractivity contribution is -0.380. The molecule has 0 fully saturated rings. The van der Waals surface area contributed by atoms with Crippen molar-refractivity contribution in [3.05, 3.63) is 33.0 Å². The van der Waals surface area contributed by atoms with Gasteiger partial charge in [-0.3, -0.25) is 14.4 Å². The molecule has 0 N–H and O–H groups in total. The molecular formula is C10H11N3O5S2. The summed E-state index contributed by atoms with van der Waals surface area (Å²) in [5.41, 5.74) is 0.761. The molecule has 0 bridgehead atoms. The number of anilines is 1. The van der Waals surface area contributed by atoms with E-state index >= 15 is 0 Å². The first kappa shape index (κ1) is 14.5. The Morgan fingerprint density at radius 3 is 2.55 bits per heavy atom. The van der Waals surface area contributed by atoms with Crippen LogP contribution in [0.15, 0.2) is 20.9 Å². The van der Waals surface area contributed by atoms with Crippen molar-refractivity contribution in [3.63, 3.8) is 0 Å². The first-order chi connectivity index (χ1) is 9.25. The Labute approximate surface area is 118 Å². The molecule has 0 aliphatic heterocycles. The summed E-state index contributed by atoms with van der Waals surface area (Å²) in [4.78, 5) is 9.88. The predicted octanol–water partition coefficient (Wildman–Crippen LogP) is 2.09. The van der Waals surface area contributed by atoms with Gasteiger partial charge < -0.3 is 4.52 Å². The van der Waals surface area contributed by atoms with Crippen molar-refractivity contribution in [3.8, 4) is 0 Å². The van der Waals surface area contributed by atoms with Crippen LogP contribution in [0.2, 0.25) is 0 Å². The summed E-state index contributed by atoms with van der Waals surface area (Å²) < 4.78 is 30.8. The Hall–Kier alpha value is -1.94. The Morgan fingerprint density at radius 2 is 2.10 bits per heavy atom. The fourth-order valence-electron chi connectivity index (χ4n) is 1.75. The molecule has 2 rings (SSSR count). The number of aryl methyl sites for hydroxylation is 2. The second-order valence-electron chi connectivity index (χ2n) is 4.02. The molecule has 0 unspecified atom stereocenters. The molecule has 8 nitrogen and oxygen atoms in total. The van der Waals surface area contributed by atoms with Crippen LogP contribution in [0.3, 0.4) is 0 Å². The van der Waals surface area contributed by atoms with E-state index in [1.54, 1.807) is 13.8 Å². The molecule has 2 heterocycles. The van der Waals surface area contributed by atoms with E-state index in [1.165, 1.54) is 12.4 Å². The number of sulfonamides is 1. The van der Waals surface area contributed by atoms with Crippen LogP contribution >= 0.6 is 11.3 Å². The summed E-state index contributed by atoms with van der Waals surface area (Å²) in [7, 11) is -2.53. The van der Waals surface area contributed by atoms with E-state index in [0.29, 0.717) is 17.1 Å². The number of nitro groups is 1. The van der Waals surface area contributed by atoms with Crippen molar-refractivity contribution < 1.29 is 17.9 Å². The second-order valence-corrected chi connectivity index (χ2v) is 6.88. The summed E-state index contributed by atoms with van der Waals surface area (Å²) in [5.74, 6) is 0.360. The quantitative estimate of drug-likeness (QED) is 0.631. The van der Waals surface area contributed by atoms with E-state index in [4.69, 9.17) is 4.52 Å². The second kappa shape index (κ2) is 4.87. The summed E-state index contributed by atoms with van der Waals surface area (Å²) in [6.07, 6.45) is 0. The zero-order valence-corrected chi connectivity index (χ0v) is 12.5. The highest BCUT2D eigenvalue weighted by Crippen LogP contribution is 2.32. The molecule has 2 aromatic heterocycles. The largest absolute Gasteiger partial charge is 0.359 e. The predicted molar refractivity (Wildman–Crippen MR) is 72.5 cm³/mol. The summed E-state index contributed by atoms with van der Waals surface area (Å²) in [5, 5.41) is 15.3. The third kappa shape index (κ3) is 2.27. The molecular weight excluding hydrogens is 306 g/mol. The van der Waals surface area contributed by atoms with Crippen molar-refractivity contribution in [2.24, 2.45) is 0 Å². The van der Waals surface area contributed by atoms with Gasteiger partial charge in [0, 0.05) is 18.5 Å². The molecule has 10 heteroatoms. The lowest BCUT2D eigenvalue weighted by Gasteiger charge is -2.17. The van der Waals surface area contributed by atoms with Crippen LogP contribution in [0, 0.1) is 24.0 Å². The van der Waals surface area contributed by atoms with Gasteiger partial charge in [0.25, 0.3) is 10.0 Å². The lowest BCUT2D eigenvalue weighted by atomic mass is 10.3. The molecule has 0 aliphatic rings. The Bertz CT molecular complexity index is 742. The van der Waals surface area contributed by atoms with Crippen LogP contribution in [0.4, 0.5) is 10.7 Å². The van der Waals surface area contributed by atoms with Crippen molar-refractivity contribution >= 4 is 32.0 Å². The van der Waals surface area contributed by atoms with Crippen LogP contribution in [-0.2, 0) is 10.0 Å². The standard InChI is InChI=1S/C10H11N3O5S2/c1-6-10(7(2)18-11-6)12(3)20(16,17)8-4-9(13(14)15)19-5-8/h4-5H,1-3H3. The van der Waals surface area contributed by atoms with Crippen molar-refractivity contribution in [1.29, 1.82) is 0 Å². The summed E-state index contributed by atoms with van der Waals surface area (Å²) in [6.45, 7) is 3.21. The first-order valence-electron chi connectivity index (χ1n) is 5.40. The maximum absolute atomic E-state index is 12.4. The molecule has 0 radical (unpaired) electrons. The molecule has 0 atom stereocenters. The number of thiophene rings is 1. The van der Waals surface area contributed by atoms with Crippen LogP contribution in [0.5, 0.6) is 0 Å². The molecule has 0 saturated heterocycles. The molecule has 0 aliphatic carbocycles. The van der Waals surface area contributed by atoms with Gasteiger partial charge in [-0.25, -0.2) is 8.42 Å². The summed E-state index contributed by atoms with van der Waals surface area (Å²) in [6, 6.07) is 1.04. The highest BCUT2D eigenvalue weighted by molar-refractivity contribution is 7.93. The Morgan fingerprint density at radius 1 is 1.45 bits per heavy atom. The average Bonchev–Trinajstić information content (AvgIpc) is 2.96. The van der Waals surface area contributed by atoms with Crippen molar-refractivity contribution in [1.82, 2.24) is 5.16 Å². The topological polar surface area (TPSA) is 107 Å². The van der Waals surface area contributed by atoms with Gasteiger partial charge in [0.05, 0.1) is 4.92 Å². The maximum atomic E-state index is 12.4. The number of nitrogens with zero attached hydrogens (tertiary/aromatic N) is 3. The van der Waals surface area contributed by atoms with Crippen LogP contribution in [-0.4, -0.2) is 25.5 Å². The van der Waals surface area contributed by atoms with Crippen molar-refractivity contribution in [2.45, 2.75) is 18.7 Å². The molecule has 108 valence electrons. The van der Waals surface area contributed by atoms with Crippen LogP contribution in [0.1, 0.15) is 11.5 Å². The average molecular weight is 317 g/mol. The van der Waals surface area contributed by atoms with Gasteiger partial charge in [0.1, 0.15) is 16.3 Å². The van der Waals surface area contributed by atoms with E-state index in [9.17, 15) is 18.5 Å². The molecule has 0 spiro atoms. The first-order valence-corrected chi connectivity index (χ1v) is 7.72. The maximum Gasteiger partial charge on any atom is 0.325 e. The SMILES string of the molecule is Cc1noc(C)c1N(C)S(=O)(=O)c1csc([N+](=O)[O-])c1. The van der Waals surface area contributed by atoms with Crippen molar-refractivity contribution in [2.75, 3.05) is 11.4 Å². The monoisotopic (exact) mass is 317 g/mol. The van der Waals surface area contributed by atoms with Gasteiger partial charge in [0.2, 0.25) is 0 Å². The van der Waals surface area contributed by atoms with E-state index < -0.39 is 14.9 Å². The van der Waals surface area contributed by atoms with Gasteiger partial charge in [-0.1, -0.05) is 16.5 Å². The van der Waals surface area contributed by atoms with E-state index in [-0.39, 0.29) is 9.90 Å². The van der Waals surface area contributed by atoms with Gasteiger partial charge in [0.15, 0.2) is 5.76 Å². The molecule has 0 amide bonds. The van der Waals surface area contributed by atoms with Gasteiger partial charge in [-0.2, -0.15) is 0 Å². The fourth-order valence-corrected chi connectivity index (χ4v) is 4.11. The van der Waals surface area contributed by atoms with Crippen LogP contribution < -0.4 is 4.31 Å². The fraction of sp³-hybridized carbons (Fsp3) is 0.300. The van der Waals surface area contributed by atoms with E-state index in [1.807, 2.05) is 0 Å². The molecule has 20 heavy (non-hydrogen) atoms. The molecule has 0 saturated carbocycles. The van der Waals surface area contributed by atoms with Gasteiger partial charge in [-0.05, 0) is 13.8 Å². The smallest absolute Gasteiger partial charge is 0.325 e. The van der Waals surface area contributed by atoms with E-state index in [0.717, 1.165) is 21.7 Å². The lowest BCUT2D eigenvalue weighted by Crippen LogP contribution is -2.27. The molecule has 0 aromatic carbocycles. The molecule has 2 aromatic rings. The Balaban J connectivity index is 2.46. The zero-order valence-electron chi connectivity index (χ0n) is 10.9. The highest BCUT2D eigenvalue weighted by atomic mass is 32.2. The third-order valence-electron chi connectivity index (χ3n) is 2.71. The number of hydrogen-bond donors (Lipinski definition) is 0. The number of hydrogen-bond acceptors (Lipinski definition) is 7. The van der Waals surface area contributed by atoms with Gasteiger partial charge >= 0.3 is 5.00 Å². The highest BCUT2D eigenvalue weighted by Gasteiger charge is 2.29. The Kier molecular flexibility index (Phi) is 3.52. The van der Waals surface area contributed by atoms with Crippen LogP contribution in [0.25, 0.3) is 0 Å². The van der Waals surface area contributed by atoms with Gasteiger partial charge in [-0.15, -0.1) is 0 Å². The normalized spacial score (nSPS) is 11.6. The third-order valence-corrected chi connectivity index (χ3v) is 5.47. The minimum absolute atomic E-state index is 0.128. The minimum atomic E-state index is -3.88. The van der Waals surface area contributed by atoms with E-state index in [2.05, 4.69) is 5.16 Å². The zero-order chi connectivity index (χ0) is 15.1. The number of aromatic nitrogens is 1. The number of rotatable bonds is 4. The minimum Gasteiger partial charge on any atom is -0.359 e.